The normalized spacial score (nSPS) is 17.4. The molecule has 0 saturated heterocycles. The second kappa shape index (κ2) is 7.85. The van der Waals surface area contributed by atoms with Crippen molar-refractivity contribution in [2.24, 2.45) is 0 Å². The molecule has 2 heterocycles. The van der Waals surface area contributed by atoms with E-state index in [1.165, 1.54) is 19.3 Å². The Morgan fingerprint density at radius 2 is 2.00 bits per heavy atom. The molecule has 1 atom stereocenters. The van der Waals surface area contributed by atoms with Crippen molar-refractivity contribution in [2.45, 2.75) is 24.1 Å². The van der Waals surface area contributed by atoms with Crippen molar-refractivity contribution in [1.82, 2.24) is 9.97 Å². The van der Waals surface area contributed by atoms with E-state index in [1.54, 1.807) is 12.4 Å². The van der Waals surface area contributed by atoms with Crippen LogP contribution in [0.2, 0.25) is 0 Å². The Balaban J connectivity index is 0.000000163. The van der Waals surface area contributed by atoms with Gasteiger partial charge in [0.15, 0.2) is 0 Å². The van der Waals surface area contributed by atoms with Crippen LogP contribution in [0.5, 0.6) is 0 Å². The van der Waals surface area contributed by atoms with Crippen molar-refractivity contribution in [1.29, 1.82) is 0 Å². The van der Waals surface area contributed by atoms with E-state index in [9.17, 15) is 0 Å². The molecule has 0 fully saturated rings. The van der Waals surface area contributed by atoms with Crippen LogP contribution in [-0.2, 0) is 0 Å². The number of alkyl halides is 1. The number of halogens is 1. The summed E-state index contributed by atoms with van der Waals surface area (Å²) in [6.07, 6.45) is 13.6. The molecular formula is C16H17BrN2. The molecule has 2 aromatic heterocycles. The zero-order chi connectivity index (χ0) is 13.3. The van der Waals surface area contributed by atoms with Gasteiger partial charge >= 0.3 is 0 Å². The second-order valence-electron chi connectivity index (χ2n) is 4.34. The Hall–Kier alpha value is -1.48. The standard InChI is InChI=1S/C10H8N2.C6H9Br/c1-2-7-12-10(5-1)9-4-3-6-11-8-9;7-6-4-2-1-3-5-6/h1-8H;1-2,6H,3-5H2. The third-order valence-electron chi connectivity index (χ3n) is 2.83. The van der Waals surface area contributed by atoms with Gasteiger partial charge in [-0.1, -0.05) is 34.1 Å². The van der Waals surface area contributed by atoms with Gasteiger partial charge in [0, 0.05) is 29.0 Å². The van der Waals surface area contributed by atoms with Gasteiger partial charge in [-0.25, -0.2) is 0 Å². The number of hydrogen-bond donors (Lipinski definition) is 0. The van der Waals surface area contributed by atoms with Crippen LogP contribution in [0.3, 0.4) is 0 Å². The van der Waals surface area contributed by atoms with E-state index in [4.69, 9.17) is 0 Å². The summed E-state index contributed by atoms with van der Waals surface area (Å²) < 4.78 is 0. The monoisotopic (exact) mass is 316 g/mol. The van der Waals surface area contributed by atoms with Gasteiger partial charge in [-0.3, -0.25) is 9.97 Å². The average Bonchev–Trinajstić information content (AvgIpc) is 2.51. The molecular weight excluding hydrogens is 300 g/mol. The van der Waals surface area contributed by atoms with Crippen LogP contribution in [0.1, 0.15) is 19.3 Å². The van der Waals surface area contributed by atoms with E-state index in [0.29, 0.717) is 0 Å². The predicted molar refractivity (Wildman–Crippen MR) is 83.2 cm³/mol. The van der Waals surface area contributed by atoms with Crippen LogP contribution in [0.15, 0.2) is 61.1 Å². The van der Waals surface area contributed by atoms with Gasteiger partial charge in [-0.05, 0) is 43.5 Å². The van der Waals surface area contributed by atoms with Gasteiger partial charge in [0.2, 0.25) is 0 Å². The van der Waals surface area contributed by atoms with Crippen LogP contribution in [-0.4, -0.2) is 14.8 Å². The van der Waals surface area contributed by atoms with E-state index < -0.39 is 0 Å². The average molecular weight is 317 g/mol. The summed E-state index contributed by atoms with van der Waals surface area (Å²) in [7, 11) is 0. The second-order valence-corrected chi connectivity index (χ2v) is 5.63. The summed E-state index contributed by atoms with van der Waals surface area (Å²) in [5.74, 6) is 0. The van der Waals surface area contributed by atoms with E-state index in [0.717, 1.165) is 16.1 Å². The molecule has 0 saturated carbocycles. The lowest BCUT2D eigenvalue weighted by molar-refractivity contribution is 0.759. The molecule has 1 aliphatic carbocycles. The molecule has 0 aliphatic heterocycles. The molecule has 0 spiro atoms. The first-order chi connectivity index (χ1) is 9.36. The maximum atomic E-state index is 4.21. The lowest BCUT2D eigenvalue weighted by Gasteiger charge is -2.07. The number of rotatable bonds is 1. The third-order valence-corrected chi connectivity index (χ3v) is 3.66. The molecule has 0 radical (unpaired) electrons. The first-order valence-electron chi connectivity index (χ1n) is 6.47. The molecule has 19 heavy (non-hydrogen) atoms. The summed E-state index contributed by atoms with van der Waals surface area (Å²) in [6, 6.07) is 9.74. The van der Waals surface area contributed by atoms with Crippen LogP contribution < -0.4 is 0 Å². The predicted octanol–water partition coefficient (Wildman–Crippen LogP) is 4.63. The summed E-state index contributed by atoms with van der Waals surface area (Å²) in [6.45, 7) is 0. The highest BCUT2D eigenvalue weighted by Crippen LogP contribution is 2.17. The first-order valence-corrected chi connectivity index (χ1v) is 7.38. The number of aromatic nitrogens is 2. The fraction of sp³-hybridized carbons (Fsp3) is 0.250. The van der Waals surface area contributed by atoms with Gasteiger partial charge in [-0.2, -0.15) is 0 Å². The minimum absolute atomic E-state index is 0.762. The fourth-order valence-electron chi connectivity index (χ4n) is 1.80. The van der Waals surface area contributed by atoms with E-state index >= 15 is 0 Å². The van der Waals surface area contributed by atoms with Crippen molar-refractivity contribution in [3.8, 4) is 11.3 Å². The van der Waals surface area contributed by atoms with E-state index in [1.807, 2.05) is 36.5 Å². The van der Waals surface area contributed by atoms with Gasteiger partial charge in [-0.15, -0.1) is 0 Å². The molecule has 0 bridgehead atoms. The molecule has 3 rings (SSSR count). The molecule has 2 aromatic rings. The number of allylic oxidation sites excluding steroid dienone is 2. The number of pyridine rings is 2. The Morgan fingerprint density at radius 1 is 1.05 bits per heavy atom. The van der Waals surface area contributed by atoms with E-state index in [2.05, 4.69) is 38.0 Å². The molecule has 0 N–H and O–H groups in total. The van der Waals surface area contributed by atoms with Crippen LogP contribution >= 0.6 is 15.9 Å². The van der Waals surface area contributed by atoms with Crippen LogP contribution in [0.25, 0.3) is 11.3 Å². The molecule has 3 heteroatoms. The Kier molecular flexibility index (Phi) is 5.76. The lowest BCUT2D eigenvalue weighted by atomic mass is 10.1. The summed E-state index contributed by atoms with van der Waals surface area (Å²) >= 11 is 3.54. The first kappa shape index (κ1) is 13.9. The molecule has 0 aromatic carbocycles. The Labute approximate surface area is 122 Å². The zero-order valence-electron chi connectivity index (χ0n) is 10.7. The van der Waals surface area contributed by atoms with Gasteiger partial charge < -0.3 is 0 Å². The maximum absolute atomic E-state index is 4.21. The largest absolute Gasteiger partial charge is 0.264 e. The molecule has 0 amide bonds. The highest BCUT2D eigenvalue weighted by molar-refractivity contribution is 9.09. The third kappa shape index (κ3) is 4.95. The van der Waals surface area contributed by atoms with Crippen molar-refractivity contribution in [3.63, 3.8) is 0 Å². The zero-order valence-corrected chi connectivity index (χ0v) is 12.3. The quantitative estimate of drug-likeness (QED) is 0.566. The Morgan fingerprint density at radius 3 is 2.53 bits per heavy atom. The topological polar surface area (TPSA) is 25.8 Å². The number of hydrogen-bond acceptors (Lipinski definition) is 2. The van der Waals surface area contributed by atoms with Gasteiger partial charge in [0.05, 0.1) is 5.69 Å². The van der Waals surface area contributed by atoms with Crippen molar-refractivity contribution in [2.75, 3.05) is 0 Å². The molecule has 1 aliphatic rings. The highest BCUT2D eigenvalue weighted by Gasteiger charge is 2.02. The van der Waals surface area contributed by atoms with Gasteiger partial charge in [0.25, 0.3) is 0 Å². The molecule has 1 unspecified atom stereocenters. The van der Waals surface area contributed by atoms with Crippen LogP contribution in [0, 0.1) is 0 Å². The maximum Gasteiger partial charge on any atom is 0.0717 e. The SMILES string of the molecule is BrC1CC=CCC1.c1ccc(-c2cccnc2)nc1. The van der Waals surface area contributed by atoms with Crippen molar-refractivity contribution < 1.29 is 0 Å². The molecule has 98 valence electrons. The van der Waals surface area contributed by atoms with Crippen molar-refractivity contribution in [3.05, 3.63) is 61.1 Å². The summed E-state index contributed by atoms with van der Waals surface area (Å²) in [4.78, 5) is 8.99. The smallest absolute Gasteiger partial charge is 0.0717 e. The minimum atomic E-state index is 0.762. The van der Waals surface area contributed by atoms with Crippen molar-refractivity contribution >= 4 is 15.9 Å². The van der Waals surface area contributed by atoms with E-state index in [-0.39, 0.29) is 0 Å². The van der Waals surface area contributed by atoms with Gasteiger partial charge in [0.1, 0.15) is 0 Å². The summed E-state index contributed by atoms with van der Waals surface area (Å²) in [5, 5.41) is 0. The molecule has 2 nitrogen and oxygen atoms in total. The summed E-state index contributed by atoms with van der Waals surface area (Å²) in [5.41, 5.74) is 2.02. The van der Waals surface area contributed by atoms with Crippen LogP contribution in [0.4, 0.5) is 0 Å². The highest BCUT2D eigenvalue weighted by atomic mass is 79.9. The number of nitrogens with zero attached hydrogens (tertiary/aromatic N) is 2. The minimum Gasteiger partial charge on any atom is -0.264 e. The fourth-order valence-corrected chi connectivity index (χ4v) is 2.28. The lowest BCUT2D eigenvalue weighted by Crippen LogP contribution is -1.97. The Bertz CT molecular complexity index is 459.